The first-order valence-corrected chi connectivity index (χ1v) is 5.44. The molecule has 90 valence electrons. The second-order valence-corrected chi connectivity index (χ2v) is 4.30. The lowest BCUT2D eigenvalue weighted by Gasteiger charge is -2.08. The average Bonchev–Trinajstić information content (AvgIpc) is 2.15. The summed E-state index contributed by atoms with van der Waals surface area (Å²) < 4.78 is 51.4. The molecule has 0 aromatic carbocycles. The summed E-state index contributed by atoms with van der Waals surface area (Å²) in [5.41, 5.74) is -1.85. The number of H-pyrrole nitrogens is 1. The van der Waals surface area contributed by atoms with Crippen LogP contribution in [0.25, 0.3) is 0 Å². The smallest absolute Gasteiger partial charge is 0.291 e. The lowest BCUT2D eigenvalue weighted by molar-refractivity contribution is 0.146. The van der Waals surface area contributed by atoms with Crippen molar-refractivity contribution in [2.75, 3.05) is 7.11 Å². The van der Waals surface area contributed by atoms with Crippen LogP contribution < -0.4 is 15.4 Å². The molecule has 0 spiro atoms. The minimum atomic E-state index is -4.42. The fourth-order valence-corrected chi connectivity index (χ4v) is 1.77. The van der Waals surface area contributed by atoms with Crippen LogP contribution in [-0.4, -0.2) is 20.5 Å². The zero-order chi connectivity index (χ0) is 12.5. The van der Waals surface area contributed by atoms with Gasteiger partial charge in [0, 0.05) is 0 Å². The Morgan fingerprint density at radius 3 is 2.44 bits per heavy atom. The Bertz CT molecular complexity index is 552. The van der Waals surface area contributed by atoms with E-state index in [-0.39, 0.29) is 0 Å². The van der Waals surface area contributed by atoms with Gasteiger partial charge in [-0.25, -0.2) is 22.3 Å². The monoisotopic (exact) mass is 254 g/mol. The van der Waals surface area contributed by atoms with Gasteiger partial charge in [0.05, 0.1) is 12.7 Å². The average molecular weight is 254 g/mol. The Kier molecular flexibility index (Phi) is 3.29. The quantitative estimate of drug-likeness (QED) is 0.790. The first-order valence-electron chi connectivity index (χ1n) is 3.89. The van der Waals surface area contributed by atoms with E-state index in [1.165, 1.54) is 0 Å². The van der Waals surface area contributed by atoms with E-state index < -0.39 is 38.3 Å². The van der Waals surface area contributed by atoms with Gasteiger partial charge in [-0.1, -0.05) is 0 Å². The van der Waals surface area contributed by atoms with Gasteiger partial charge in [0.15, 0.2) is 10.8 Å². The van der Waals surface area contributed by atoms with E-state index in [0.717, 1.165) is 7.11 Å². The number of nitrogens with two attached hydrogens (primary N) is 1. The summed E-state index contributed by atoms with van der Waals surface area (Å²) in [4.78, 5) is 12.9. The molecule has 0 bridgehead atoms. The molecule has 0 atom stereocenters. The maximum atomic E-state index is 12.5. The maximum absolute atomic E-state index is 12.5. The molecule has 0 unspecified atom stereocenters. The number of pyridine rings is 1. The van der Waals surface area contributed by atoms with Gasteiger partial charge in [-0.05, 0) is 6.07 Å². The Hall–Kier alpha value is -1.48. The zero-order valence-electron chi connectivity index (χ0n) is 8.03. The van der Waals surface area contributed by atoms with Crippen molar-refractivity contribution in [1.82, 2.24) is 4.98 Å². The summed E-state index contributed by atoms with van der Waals surface area (Å²) in [5, 5.41) is 3.68. The molecule has 0 fully saturated rings. The van der Waals surface area contributed by atoms with E-state index in [1.54, 1.807) is 4.98 Å². The van der Waals surface area contributed by atoms with Crippen molar-refractivity contribution in [2.45, 2.75) is 11.5 Å². The standard InChI is InChI=1S/C7H8F2N2O4S/c1-15-4-2-3(5(8)9)7(11-6(4)12)16(10,13)14/h2,5H,1H3,(H,11,12)(H2,10,13,14). The third-order valence-electron chi connectivity index (χ3n) is 1.74. The summed E-state index contributed by atoms with van der Waals surface area (Å²) in [6, 6.07) is 0.642. The summed E-state index contributed by atoms with van der Waals surface area (Å²) in [5.74, 6) is -0.414. The van der Waals surface area contributed by atoms with Gasteiger partial charge in [0.2, 0.25) is 0 Å². The summed E-state index contributed by atoms with van der Waals surface area (Å²) in [7, 11) is -3.32. The SMILES string of the molecule is COc1cc(C(F)F)c(S(N)(=O)=O)[nH]c1=O. The van der Waals surface area contributed by atoms with Crippen LogP contribution in [0.15, 0.2) is 15.9 Å². The molecule has 0 radical (unpaired) electrons. The van der Waals surface area contributed by atoms with E-state index in [0.29, 0.717) is 6.07 Å². The van der Waals surface area contributed by atoms with Crippen LogP contribution in [-0.2, 0) is 10.0 Å². The Morgan fingerprint density at radius 2 is 2.06 bits per heavy atom. The molecule has 1 rings (SSSR count). The number of methoxy groups -OCH3 is 1. The van der Waals surface area contributed by atoms with Crippen molar-refractivity contribution < 1.29 is 21.9 Å². The highest BCUT2D eigenvalue weighted by Crippen LogP contribution is 2.25. The number of aromatic nitrogens is 1. The highest BCUT2D eigenvalue weighted by molar-refractivity contribution is 7.89. The summed E-state index contributed by atoms with van der Waals surface area (Å²) >= 11 is 0. The van der Waals surface area contributed by atoms with Crippen LogP contribution >= 0.6 is 0 Å². The first-order chi connectivity index (χ1) is 7.27. The minimum absolute atomic E-state index is 0.414. The first kappa shape index (κ1) is 12.6. The van der Waals surface area contributed by atoms with Crippen molar-refractivity contribution in [1.29, 1.82) is 0 Å². The molecule has 0 aliphatic rings. The molecule has 6 nitrogen and oxygen atoms in total. The highest BCUT2D eigenvalue weighted by atomic mass is 32.2. The fourth-order valence-electron chi connectivity index (χ4n) is 1.06. The topological polar surface area (TPSA) is 102 Å². The highest BCUT2D eigenvalue weighted by Gasteiger charge is 2.23. The third kappa shape index (κ3) is 2.36. The van der Waals surface area contributed by atoms with Gasteiger partial charge in [-0.2, -0.15) is 0 Å². The molecule has 0 saturated heterocycles. The van der Waals surface area contributed by atoms with E-state index in [4.69, 9.17) is 0 Å². The molecular formula is C7H8F2N2O4S. The van der Waals surface area contributed by atoms with E-state index in [9.17, 15) is 22.0 Å². The van der Waals surface area contributed by atoms with Crippen LogP contribution in [0.2, 0.25) is 0 Å². The molecule has 3 N–H and O–H groups in total. The molecule has 1 aromatic rings. The molecule has 16 heavy (non-hydrogen) atoms. The van der Waals surface area contributed by atoms with Crippen molar-refractivity contribution in [2.24, 2.45) is 5.14 Å². The van der Waals surface area contributed by atoms with Gasteiger partial charge in [-0.3, -0.25) is 4.79 Å². The van der Waals surface area contributed by atoms with E-state index in [2.05, 4.69) is 9.88 Å². The predicted octanol–water partition coefficient (Wildman–Crippen LogP) is -0.0315. The van der Waals surface area contributed by atoms with Crippen molar-refractivity contribution in [3.8, 4) is 5.75 Å². The number of alkyl halides is 2. The lowest BCUT2D eigenvalue weighted by atomic mass is 10.3. The van der Waals surface area contributed by atoms with Crippen LogP contribution in [0.5, 0.6) is 5.75 Å². The fraction of sp³-hybridized carbons (Fsp3) is 0.286. The van der Waals surface area contributed by atoms with E-state index >= 15 is 0 Å². The lowest BCUT2D eigenvalue weighted by Crippen LogP contribution is -2.22. The number of primary sulfonamides is 1. The predicted molar refractivity (Wildman–Crippen MR) is 49.9 cm³/mol. The van der Waals surface area contributed by atoms with Crippen molar-refractivity contribution >= 4 is 10.0 Å². The number of hydrogen-bond acceptors (Lipinski definition) is 4. The molecule has 1 aromatic heterocycles. The molecule has 0 aliphatic heterocycles. The third-order valence-corrected chi connectivity index (χ3v) is 2.65. The van der Waals surface area contributed by atoms with Gasteiger partial charge >= 0.3 is 0 Å². The second kappa shape index (κ2) is 4.18. The van der Waals surface area contributed by atoms with Crippen LogP contribution in [0.3, 0.4) is 0 Å². The number of rotatable bonds is 3. The Morgan fingerprint density at radius 1 is 1.50 bits per heavy atom. The maximum Gasteiger partial charge on any atom is 0.291 e. The Labute approximate surface area is 89.1 Å². The van der Waals surface area contributed by atoms with E-state index in [1.807, 2.05) is 0 Å². The number of nitrogens with one attached hydrogen (secondary N) is 1. The number of aromatic amines is 1. The van der Waals surface area contributed by atoms with Crippen LogP contribution in [0.4, 0.5) is 8.78 Å². The van der Waals surface area contributed by atoms with Crippen molar-refractivity contribution in [3.05, 3.63) is 22.0 Å². The van der Waals surface area contributed by atoms with Crippen LogP contribution in [0.1, 0.15) is 12.0 Å². The second-order valence-electron chi connectivity index (χ2n) is 2.80. The normalized spacial score (nSPS) is 11.8. The number of halogens is 2. The van der Waals surface area contributed by atoms with Gasteiger partial charge in [0.25, 0.3) is 22.0 Å². The van der Waals surface area contributed by atoms with Gasteiger partial charge < -0.3 is 9.72 Å². The largest absolute Gasteiger partial charge is 0.491 e. The minimum Gasteiger partial charge on any atom is -0.491 e. The Balaban J connectivity index is 3.62. The molecule has 1 heterocycles. The number of hydrogen-bond donors (Lipinski definition) is 2. The number of sulfonamides is 1. The molecule has 9 heteroatoms. The summed E-state index contributed by atoms with van der Waals surface area (Å²) in [6.07, 6.45) is -3.10. The molecule has 0 saturated carbocycles. The number of ether oxygens (including phenoxy) is 1. The van der Waals surface area contributed by atoms with Crippen LogP contribution in [0, 0.1) is 0 Å². The zero-order valence-corrected chi connectivity index (χ0v) is 8.85. The van der Waals surface area contributed by atoms with Gasteiger partial charge in [-0.15, -0.1) is 0 Å². The van der Waals surface area contributed by atoms with Crippen molar-refractivity contribution in [3.63, 3.8) is 0 Å². The van der Waals surface area contributed by atoms with Gasteiger partial charge in [0.1, 0.15) is 0 Å². The molecular weight excluding hydrogens is 246 g/mol. The molecule has 0 amide bonds. The summed E-state index contributed by atoms with van der Waals surface area (Å²) in [6.45, 7) is 0. The molecule has 0 aliphatic carbocycles.